The first-order chi connectivity index (χ1) is 12.6. The number of likely N-dealkylation sites (tertiary alicyclic amines) is 2. The first-order valence-corrected chi connectivity index (χ1v) is 9.73. The zero-order chi connectivity index (χ0) is 18.4. The Balaban J connectivity index is 1.43. The van der Waals surface area contributed by atoms with E-state index in [0.717, 1.165) is 25.9 Å². The summed E-state index contributed by atoms with van der Waals surface area (Å²) >= 11 is 0. The molecule has 2 aliphatic heterocycles. The van der Waals surface area contributed by atoms with Crippen molar-refractivity contribution in [3.05, 3.63) is 29.8 Å². The second-order valence-electron chi connectivity index (χ2n) is 7.46. The molecule has 6 heteroatoms. The average molecular weight is 359 g/mol. The summed E-state index contributed by atoms with van der Waals surface area (Å²) in [5.41, 5.74) is 0.851. The third-order valence-electron chi connectivity index (χ3n) is 5.50. The fourth-order valence-electron chi connectivity index (χ4n) is 3.90. The normalized spacial score (nSPS) is 19.8. The van der Waals surface area contributed by atoms with Crippen LogP contribution in [0.4, 0.5) is 10.5 Å². The maximum atomic E-state index is 12.4. The number of benzene rings is 1. The summed E-state index contributed by atoms with van der Waals surface area (Å²) in [5.74, 6) is -0.277. The number of amides is 2. The van der Waals surface area contributed by atoms with Crippen molar-refractivity contribution >= 4 is 17.7 Å². The minimum atomic E-state index is -0.964. The maximum absolute atomic E-state index is 12.4. The van der Waals surface area contributed by atoms with Gasteiger partial charge in [0.1, 0.15) is 0 Å². The van der Waals surface area contributed by atoms with Crippen LogP contribution < -0.4 is 5.32 Å². The third-order valence-corrected chi connectivity index (χ3v) is 5.50. The lowest BCUT2D eigenvalue weighted by Crippen LogP contribution is -2.43. The van der Waals surface area contributed by atoms with Crippen LogP contribution in [0, 0.1) is 5.92 Å². The summed E-state index contributed by atoms with van der Waals surface area (Å²) in [6.45, 7) is 5.21. The van der Waals surface area contributed by atoms with Crippen LogP contribution in [0.5, 0.6) is 0 Å². The molecule has 0 aromatic heterocycles. The van der Waals surface area contributed by atoms with Crippen LogP contribution in [0.1, 0.15) is 48.9 Å². The zero-order valence-electron chi connectivity index (χ0n) is 15.3. The van der Waals surface area contributed by atoms with Crippen molar-refractivity contribution < 1.29 is 14.7 Å². The van der Waals surface area contributed by atoms with Crippen molar-refractivity contribution in [2.24, 2.45) is 5.92 Å². The van der Waals surface area contributed by atoms with Gasteiger partial charge >= 0.3 is 12.0 Å². The standard InChI is InChI=1S/C20H29N3O3/c24-19(25)17-5-7-18(8-6-17)21-20(26)23-13-9-16(10-14-23)15-22-11-3-1-2-4-12-22/h5-8,16H,1-4,9-15H2,(H,21,26)(H,24,25). The van der Waals surface area contributed by atoms with Gasteiger partial charge in [-0.15, -0.1) is 0 Å². The van der Waals surface area contributed by atoms with E-state index >= 15 is 0 Å². The van der Waals surface area contributed by atoms with E-state index in [2.05, 4.69) is 10.2 Å². The molecule has 2 saturated heterocycles. The van der Waals surface area contributed by atoms with E-state index in [9.17, 15) is 9.59 Å². The monoisotopic (exact) mass is 359 g/mol. The molecule has 1 aromatic carbocycles. The molecule has 0 atom stereocenters. The van der Waals surface area contributed by atoms with Crippen molar-refractivity contribution in [3.8, 4) is 0 Å². The maximum Gasteiger partial charge on any atom is 0.335 e. The summed E-state index contributed by atoms with van der Waals surface area (Å²) < 4.78 is 0. The van der Waals surface area contributed by atoms with E-state index in [0.29, 0.717) is 11.6 Å². The van der Waals surface area contributed by atoms with Gasteiger partial charge in [0.2, 0.25) is 0 Å². The Hall–Kier alpha value is -2.08. The third kappa shape index (κ3) is 5.21. The highest BCUT2D eigenvalue weighted by atomic mass is 16.4. The molecule has 3 rings (SSSR count). The number of piperidine rings is 1. The molecule has 142 valence electrons. The lowest BCUT2D eigenvalue weighted by Gasteiger charge is -2.34. The minimum absolute atomic E-state index is 0.0960. The van der Waals surface area contributed by atoms with Crippen LogP contribution in [0.25, 0.3) is 0 Å². The van der Waals surface area contributed by atoms with Crippen molar-refractivity contribution in [3.63, 3.8) is 0 Å². The first kappa shape index (κ1) is 18.7. The number of carbonyl (C=O) groups excluding carboxylic acids is 1. The quantitative estimate of drug-likeness (QED) is 0.863. The molecule has 0 bridgehead atoms. The highest BCUT2D eigenvalue weighted by molar-refractivity contribution is 5.91. The Labute approximate surface area is 155 Å². The summed E-state index contributed by atoms with van der Waals surface area (Å²) in [6.07, 6.45) is 7.48. The average Bonchev–Trinajstić information content (AvgIpc) is 2.91. The van der Waals surface area contributed by atoms with Crippen LogP contribution in [0.2, 0.25) is 0 Å². The van der Waals surface area contributed by atoms with Crippen molar-refractivity contribution in [2.45, 2.75) is 38.5 Å². The largest absolute Gasteiger partial charge is 0.478 e. The summed E-state index contributed by atoms with van der Waals surface area (Å²) in [5, 5.41) is 11.8. The van der Waals surface area contributed by atoms with Gasteiger partial charge in [-0.3, -0.25) is 0 Å². The van der Waals surface area contributed by atoms with Crippen LogP contribution >= 0.6 is 0 Å². The fraction of sp³-hybridized carbons (Fsp3) is 0.600. The van der Waals surface area contributed by atoms with Gasteiger partial charge in [0.15, 0.2) is 0 Å². The van der Waals surface area contributed by atoms with Gasteiger partial charge in [-0.05, 0) is 69.0 Å². The topological polar surface area (TPSA) is 72.9 Å². The van der Waals surface area contributed by atoms with Crippen LogP contribution in [-0.2, 0) is 0 Å². The molecule has 26 heavy (non-hydrogen) atoms. The predicted octanol–water partition coefficient (Wildman–Crippen LogP) is 3.50. The molecule has 2 N–H and O–H groups in total. The van der Waals surface area contributed by atoms with Gasteiger partial charge < -0.3 is 20.2 Å². The molecule has 2 amide bonds. The van der Waals surface area contributed by atoms with E-state index < -0.39 is 5.97 Å². The fourth-order valence-corrected chi connectivity index (χ4v) is 3.90. The van der Waals surface area contributed by atoms with Crippen molar-refractivity contribution in [2.75, 3.05) is 38.0 Å². The Kier molecular flexibility index (Phi) is 6.50. The number of nitrogens with zero attached hydrogens (tertiary/aromatic N) is 2. The van der Waals surface area contributed by atoms with Gasteiger partial charge in [0.05, 0.1) is 5.56 Å². The Morgan fingerprint density at radius 2 is 1.58 bits per heavy atom. The smallest absolute Gasteiger partial charge is 0.335 e. The highest BCUT2D eigenvalue weighted by Crippen LogP contribution is 2.21. The second-order valence-corrected chi connectivity index (χ2v) is 7.46. The highest BCUT2D eigenvalue weighted by Gasteiger charge is 2.24. The number of nitrogens with one attached hydrogen (secondary N) is 1. The summed E-state index contributed by atoms with van der Waals surface area (Å²) in [4.78, 5) is 27.8. The van der Waals surface area contributed by atoms with Crippen molar-refractivity contribution in [1.29, 1.82) is 0 Å². The lowest BCUT2D eigenvalue weighted by atomic mass is 9.96. The Morgan fingerprint density at radius 3 is 2.15 bits per heavy atom. The molecule has 0 saturated carbocycles. The van der Waals surface area contributed by atoms with Gasteiger partial charge in [0, 0.05) is 25.3 Å². The number of carboxylic acids is 1. The molecule has 0 spiro atoms. The molecule has 2 fully saturated rings. The predicted molar refractivity (Wildman–Crippen MR) is 102 cm³/mol. The van der Waals surface area contributed by atoms with E-state index in [1.807, 2.05) is 4.90 Å². The molecule has 0 radical (unpaired) electrons. The van der Waals surface area contributed by atoms with E-state index in [1.165, 1.54) is 57.5 Å². The molecule has 2 heterocycles. The number of rotatable bonds is 4. The summed E-state index contributed by atoms with van der Waals surface area (Å²) in [6, 6.07) is 6.18. The van der Waals surface area contributed by atoms with E-state index in [-0.39, 0.29) is 11.6 Å². The molecule has 1 aromatic rings. The number of hydrogen-bond donors (Lipinski definition) is 2. The van der Waals surface area contributed by atoms with Crippen LogP contribution in [-0.4, -0.2) is 59.6 Å². The van der Waals surface area contributed by atoms with Gasteiger partial charge in [-0.1, -0.05) is 12.8 Å². The summed E-state index contributed by atoms with van der Waals surface area (Å²) in [7, 11) is 0. The lowest BCUT2D eigenvalue weighted by molar-refractivity contribution is 0.0697. The molecule has 6 nitrogen and oxygen atoms in total. The second kappa shape index (κ2) is 9.03. The Bertz CT molecular complexity index is 601. The number of carboxylic acid groups (broad SMARTS) is 1. The molecule has 0 aliphatic carbocycles. The minimum Gasteiger partial charge on any atom is -0.478 e. The van der Waals surface area contributed by atoms with E-state index in [1.54, 1.807) is 12.1 Å². The van der Waals surface area contributed by atoms with Gasteiger partial charge in [-0.25, -0.2) is 9.59 Å². The zero-order valence-corrected chi connectivity index (χ0v) is 15.3. The molecule has 2 aliphatic rings. The van der Waals surface area contributed by atoms with Gasteiger partial charge in [0.25, 0.3) is 0 Å². The number of anilines is 1. The number of hydrogen-bond acceptors (Lipinski definition) is 3. The molecular formula is C20H29N3O3. The van der Waals surface area contributed by atoms with Crippen molar-refractivity contribution in [1.82, 2.24) is 9.80 Å². The molecular weight excluding hydrogens is 330 g/mol. The van der Waals surface area contributed by atoms with E-state index in [4.69, 9.17) is 5.11 Å². The molecule has 0 unspecified atom stereocenters. The van der Waals surface area contributed by atoms with Gasteiger partial charge in [-0.2, -0.15) is 0 Å². The number of aromatic carboxylic acids is 1. The van der Waals surface area contributed by atoms with Crippen LogP contribution in [0.3, 0.4) is 0 Å². The number of urea groups is 1. The first-order valence-electron chi connectivity index (χ1n) is 9.73. The van der Waals surface area contributed by atoms with Crippen LogP contribution in [0.15, 0.2) is 24.3 Å². The Morgan fingerprint density at radius 1 is 0.962 bits per heavy atom. The number of carbonyl (C=O) groups is 2. The SMILES string of the molecule is O=C(O)c1ccc(NC(=O)N2CCC(CN3CCCCCC3)CC2)cc1.